The van der Waals surface area contributed by atoms with Crippen molar-refractivity contribution >= 4 is 29.0 Å². The molecule has 25 heavy (non-hydrogen) atoms. The van der Waals surface area contributed by atoms with Crippen molar-refractivity contribution in [3.8, 4) is 11.4 Å². The first kappa shape index (κ1) is 16.0. The monoisotopic (exact) mass is 371 g/mol. The van der Waals surface area contributed by atoms with Crippen molar-refractivity contribution in [1.82, 2.24) is 24.8 Å². The minimum absolute atomic E-state index is 0.335. The van der Waals surface area contributed by atoms with Crippen molar-refractivity contribution in [2.24, 2.45) is 0 Å². The number of thioether (sulfide) groups is 1. The van der Waals surface area contributed by atoms with Gasteiger partial charge in [0.05, 0.1) is 5.69 Å². The molecule has 0 amide bonds. The molecule has 0 unspecified atom stereocenters. The van der Waals surface area contributed by atoms with Gasteiger partial charge in [-0.25, -0.2) is 4.39 Å². The van der Waals surface area contributed by atoms with Gasteiger partial charge < -0.3 is 0 Å². The lowest BCUT2D eigenvalue weighted by molar-refractivity contribution is 0.617. The Morgan fingerprint density at radius 3 is 2.72 bits per heavy atom. The fourth-order valence-corrected chi connectivity index (χ4v) is 3.55. The van der Waals surface area contributed by atoms with Gasteiger partial charge >= 0.3 is 0 Å². The Labute approximate surface area is 151 Å². The van der Waals surface area contributed by atoms with E-state index in [1.807, 2.05) is 30.3 Å². The van der Waals surface area contributed by atoms with Crippen LogP contribution in [0.5, 0.6) is 0 Å². The second kappa shape index (κ2) is 6.78. The van der Waals surface area contributed by atoms with Crippen molar-refractivity contribution in [1.29, 1.82) is 0 Å². The van der Waals surface area contributed by atoms with E-state index in [1.165, 1.54) is 17.8 Å². The molecular formula is C17H11ClFN5S. The quantitative estimate of drug-likeness (QED) is 0.501. The van der Waals surface area contributed by atoms with E-state index in [4.69, 9.17) is 11.6 Å². The molecule has 0 aliphatic rings. The van der Waals surface area contributed by atoms with Gasteiger partial charge in [0.1, 0.15) is 11.5 Å². The first-order valence-electron chi connectivity index (χ1n) is 7.42. The van der Waals surface area contributed by atoms with Gasteiger partial charge in [-0.2, -0.15) is 9.61 Å². The van der Waals surface area contributed by atoms with Crippen molar-refractivity contribution in [2.45, 2.75) is 10.9 Å². The van der Waals surface area contributed by atoms with Crippen LogP contribution in [0.2, 0.25) is 5.02 Å². The Hall–Kier alpha value is -2.51. The van der Waals surface area contributed by atoms with E-state index in [1.54, 1.807) is 22.8 Å². The van der Waals surface area contributed by atoms with Crippen molar-refractivity contribution in [2.75, 3.05) is 0 Å². The topological polar surface area (TPSA) is 56.0 Å². The first-order valence-corrected chi connectivity index (χ1v) is 8.78. The van der Waals surface area contributed by atoms with Crippen LogP contribution in [0.15, 0.2) is 59.9 Å². The van der Waals surface area contributed by atoms with Crippen LogP contribution in [0.25, 0.3) is 17.0 Å². The molecular weight excluding hydrogens is 361 g/mol. The van der Waals surface area contributed by atoms with E-state index < -0.39 is 0 Å². The maximum Gasteiger partial charge on any atom is 0.212 e. The number of benzene rings is 1. The van der Waals surface area contributed by atoms with Gasteiger partial charge in [0.15, 0.2) is 5.65 Å². The van der Waals surface area contributed by atoms with E-state index in [0.29, 0.717) is 32.8 Å². The van der Waals surface area contributed by atoms with Gasteiger partial charge in [-0.05, 0) is 36.4 Å². The molecule has 0 fully saturated rings. The molecule has 3 aromatic heterocycles. The molecule has 0 aliphatic carbocycles. The van der Waals surface area contributed by atoms with Crippen LogP contribution in [0, 0.1) is 5.82 Å². The summed E-state index contributed by atoms with van der Waals surface area (Å²) in [5.74, 6) is -0.00197. The van der Waals surface area contributed by atoms with Crippen LogP contribution in [-0.4, -0.2) is 24.8 Å². The van der Waals surface area contributed by atoms with E-state index in [-0.39, 0.29) is 5.82 Å². The van der Waals surface area contributed by atoms with Crippen molar-refractivity contribution in [3.05, 3.63) is 71.1 Å². The summed E-state index contributed by atoms with van der Waals surface area (Å²) in [4.78, 5) is 4.30. The fraction of sp³-hybridized carbons (Fsp3) is 0.0588. The Morgan fingerprint density at radius 1 is 1.00 bits per heavy atom. The maximum absolute atomic E-state index is 13.9. The molecule has 0 atom stereocenters. The lowest BCUT2D eigenvalue weighted by Gasteiger charge is -2.05. The molecule has 3 heterocycles. The average Bonchev–Trinajstić information content (AvgIpc) is 3.04. The van der Waals surface area contributed by atoms with Gasteiger partial charge in [-0.1, -0.05) is 35.5 Å². The predicted molar refractivity (Wildman–Crippen MR) is 95.0 cm³/mol. The number of fused-ring (bicyclic) bond motifs is 1. The van der Waals surface area contributed by atoms with E-state index in [2.05, 4.69) is 20.3 Å². The summed E-state index contributed by atoms with van der Waals surface area (Å²) in [6.45, 7) is 0. The molecule has 0 radical (unpaired) electrons. The lowest BCUT2D eigenvalue weighted by Crippen LogP contribution is -1.98. The third-order valence-corrected chi connectivity index (χ3v) is 4.87. The number of nitrogens with zero attached hydrogens (tertiary/aromatic N) is 5. The third-order valence-electron chi connectivity index (χ3n) is 3.57. The standard InChI is InChI=1S/C17H11ClFN5S/c18-12-4-3-5-13(19)11(12)10-25-17-22-21-16-8-7-15(23-24(16)17)14-6-1-2-9-20-14/h1-9H,10H2. The van der Waals surface area contributed by atoms with Crippen LogP contribution in [0.3, 0.4) is 0 Å². The highest BCUT2D eigenvalue weighted by Gasteiger charge is 2.13. The fourth-order valence-electron chi connectivity index (χ4n) is 2.32. The second-order valence-electron chi connectivity index (χ2n) is 5.18. The zero-order chi connectivity index (χ0) is 17.2. The number of rotatable bonds is 4. The van der Waals surface area contributed by atoms with Gasteiger partial charge in [0.25, 0.3) is 0 Å². The Kier molecular flexibility index (Phi) is 4.33. The number of hydrogen-bond donors (Lipinski definition) is 0. The molecule has 8 heteroatoms. The molecule has 4 rings (SSSR count). The minimum Gasteiger partial charge on any atom is -0.255 e. The first-order chi connectivity index (χ1) is 12.2. The van der Waals surface area contributed by atoms with Crippen LogP contribution >= 0.6 is 23.4 Å². The average molecular weight is 372 g/mol. The minimum atomic E-state index is -0.337. The Morgan fingerprint density at radius 2 is 1.92 bits per heavy atom. The Bertz CT molecular complexity index is 1020. The summed E-state index contributed by atoms with van der Waals surface area (Å²) in [5.41, 5.74) is 2.51. The van der Waals surface area contributed by atoms with Gasteiger partial charge in [0.2, 0.25) is 5.16 Å². The number of aromatic nitrogens is 5. The molecule has 5 nitrogen and oxygen atoms in total. The second-order valence-corrected chi connectivity index (χ2v) is 6.52. The molecule has 124 valence electrons. The molecule has 0 spiro atoms. The number of halogens is 2. The van der Waals surface area contributed by atoms with Crippen LogP contribution in [0.1, 0.15) is 5.56 Å². The summed E-state index contributed by atoms with van der Waals surface area (Å²) < 4.78 is 15.5. The highest BCUT2D eigenvalue weighted by atomic mass is 35.5. The predicted octanol–water partition coefficient (Wildman–Crippen LogP) is 4.27. The molecule has 1 aromatic carbocycles. The smallest absolute Gasteiger partial charge is 0.212 e. The van der Waals surface area contributed by atoms with Gasteiger partial charge in [0, 0.05) is 22.5 Å². The lowest BCUT2D eigenvalue weighted by atomic mass is 10.2. The zero-order valence-corrected chi connectivity index (χ0v) is 14.4. The number of pyridine rings is 1. The van der Waals surface area contributed by atoms with E-state index >= 15 is 0 Å². The summed E-state index contributed by atoms with van der Waals surface area (Å²) in [5, 5.41) is 13.7. The highest BCUT2D eigenvalue weighted by molar-refractivity contribution is 7.98. The summed E-state index contributed by atoms with van der Waals surface area (Å²) in [6.07, 6.45) is 1.71. The van der Waals surface area contributed by atoms with Crippen LogP contribution in [-0.2, 0) is 5.75 Å². The van der Waals surface area contributed by atoms with Crippen LogP contribution in [0.4, 0.5) is 4.39 Å². The summed E-state index contributed by atoms with van der Waals surface area (Å²) >= 11 is 7.40. The Balaban J connectivity index is 1.66. The molecule has 0 aliphatic heterocycles. The molecule has 0 N–H and O–H groups in total. The van der Waals surface area contributed by atoms with Crippen molar-refractivity contribution in [3.63, 3.8) is 0 Å². The SMILES string of the molecule is Fc1cccc(Cl)c1CSc1nnc2ccc(-c3ccccn3)nn12. The van der Waals surface area contributed by atoms with E-state index in [0.717, 1.165) is 5.69 Å². The maximum atomic E-state index is 13.9. The molecule has 0 saturated carbocycles. The molecule has 0 saturated heterocycles. The van der Waals surface area contributed by atoms with E-state index in [9.17, 15) is 4.39 Å². The van der Waals surface area contributed by atoms with Crippen molar-refractivity contribution < 1.29 is 4.39 Å². The molecule has 4 aromatic rings. The van der Waals surface area contributed by atoms with Gasteiger partial charge in [-0.15, -0.1) is 10.2 Å². The van der Waals surface area contributed by atoms with Crippen LogP contribution < -0.4 is 0 Å². The number of hydrogen-bond acceptors (Lipinski definition) is 5. The zero-order valence-electron chi connectivity index (χ0n) is 12.8. The summed E-state index contributed by atoms with van der Waals surface area (Å²) in [6, 6.07) is 13.9. The molecule has 0 bridgehead atoms. The highest BCUT2D eigenvalue weighted by Crippen LogP contribution is 2.28. The third kappa shape index (κ3) is 3.20. The normalized spacial score (nSPS) is 11.1. The largest absolute Gasteiger partial charge is 0.255 e. The van der Waals surface area contributed by atoms with Gasteiger partial charge in [-0.3, -0.25) is 4.98 Å². The summed E-state index contributed by atoms with van der Waals surface area (Å²) in [7, 11) is 0.